The first kappa shape index (κ1) is 22.2. The van der Waals surface area contributed by atoms with Crippen LogP contribution in [0.1, 0.15) is 10.4 Å². The summed E-state index contributed by atoms with van der Waals surface area (Å²) >= 11 is 0. The molecule has 0 unspecified atom stereocenters. The molecule has 166 valence electrons. The highest BCUT2D eigenvalue weighted by atomic mass is 19.1. The number of ether oxygens (including phenoxy) is 1. The van der Waals surface area contributed by atoms with E-state index in [0.29, 0.717) is 35.7 Å². The predicted octanol–water partition coefficient (Wildman–Crippen LogP) is 5.89. The third-order valence-electron chi connectivity index (χ3n) is 5.07. The zero-order chi connectivity index (χ0) is 23.2. The molecule has 0 saturated heterocycles. The highest BCUT2D eigenvalue weighted by Gasteiger charge is 2.13. The van der Waals surface area contributed by atoms with Gasteiger partial charge in [0.05, 0.1) is 0 Å². The Morgan fingerprint density at radius 1 is 0.788 bits per heavy atom. The molecule has 4 aromatic carbocycles. The SMILES string of the molecule is NCCOc1ccc(C(=O)Nc2cccc(-c3ccc(F)cc3)c2)cc1-c1ccc(F)cc1. The van der Waals surface area contributed by atoms with Crippen molar-refractivity contribution in [3.63, 3.8) is 0 Å². The van der Waals surface area contributed by atoms with Gasteiger partial charge < -0.3 is 15.8 Å². The molecule has 0 spiro atoms. The second kappa shape index (κ2) is 10.1. The molecule has 0 aliphatic rings. The van der Waals surface area contributed by atoms with E-state index < -0.39 is 0 Å². The fourth-order valence-electron chi connectivity index (χ4n) is 3.44. The normalized spacial score (nSPS) is 10.6. The first-order valence-electron chi connectivity index (χ1n) is 10.4. The molecule has 0 radical (unpaired) electrons. The van der Waals surface area contributed by atoms with E-state index in [1.165, 1.54) is 24.3 Å². The molecule has 0 heterocycles. The van der Waals surface area contributed by atoms with Crippen LogP contribution >= 0.6 is 0 Å². The number of nitrogens with two attached hydrogens (primary N) is 1. The van der Waals surface area contributed by atoms with Crippen molar-refractivity contribution in [2.24, 2.45) is 5.73 Å². The van der Waals surface area contributed by atoms with Crippen LogP contribution < -0.4 is 15.8 Å². The molecular formula is C27H22F2N2O2. The summed E-state index contributed by atoms with van der Waals surface area (Å²) in [7, 11) is 0. The number of hydrogen-bond donors (Lipinski definition) is 2. The number of benzene rings is 4. The standard InChI is InChI=1S/C27H22F2N2O2/c28-22-9-4-18(5-10-22)20-2-1-3-24(16-20)31-27(32)21-8-13-26(33-15-14-30)25(17-21)19-6-11-23(29)12-7-19/h1-13,16-17H,14-15,30H2,(H,31,32). The van der Waals surface area contributed by atoms with Crippen LogP contribution in [0.3, 0.4) is 0 Å². The van der Waals surface area contributed by atoms with Crippen LogP contribution in [-0.4, -0.2) is 19.1 Å². The van der Waals surface area contributed by atoms with Crippen molar-refractivity contribution in [1.82, 2.24) is 0 Å². The molecule has 0 aliphatic carbocycles. The number of hydrogen-bond acceptors (Lipinski definition) is 3. The summed E-state index contributed by atoms with van der Waals surface area (Å²) in [4.78, 5) is 13.0. The zero-order valence-corrected chi connectivity index (χ0v) is 17.7. The van der Waals surface area contributed by atoms with E-state index in [4.69, 9.17) is 10.5 Å². The summed E-state index contributed by atoms with van der Waals surface area (Å²) in [5.74, 6) is -0.404. The van der Waals surface area contributed by atoms with Crippen molar-refractivity contribution < 1.29 is 18.3 Å². The Morgan fingerprint density at radius 3 is 2.12 bits per heavy atom. The number of halogens is 2. The molecule has 0 fully saturated rings. The van der Waals surface area contributed by atoms with E-state index in [9.17, 15) is 13.6 Å². The van der Waals surface area contributed by atoms with Crippen LogP contribution in [0, 0.1) is 11.6 Å². The molecule has 0 aliphatic heterocycles. The van der Waals surface area contributed by atoms with Crippen LogP contribution in [0.15, 0.2) is 91.0 Å². The van der Waals surface area contributed by atoms with Crippen LogP contribution in [0.25, 0.3) is 22.3 Å². The summed E-state index contributed by atoms with van der Waals surface area (Å²) in [5.41, 5.74) is 9.65. The molecule has 6 heteroatoms. The van der Waals surface area contributed by atoms with Gasteiger partial charge in [-0.2, -0.15) is 0 Å². The highest BCUT2D eigenvalue weighted by Crippen LogP contribution is 2.32. The van der Waals surface area contributed by atoms with E-state index in [1.807, 2.05) is 18.2 Å². The second-order valence-electron chi connectivity index (χ2n) is 7.40. The topological polar surface area (TPSA) is 64.3 Å². The lowest BCUT2D eigenvalue weighted by Gasteiger charge is -2.14. The monoisotopic (exact) mass is 444 g/mol. The first-order valence-corrected chi connectivity index (χ1v) is 10.4. The smallest absolute Gasteiger partial charge is 0.255 e. The van der Waals surface area contributed by atoms with Gasteiger partial charge in [-0.05, 0) is 71.3 Å². The molecule has 0 bridgehead atoms. The molecule has 0 aromatic heterocycles. The Bertz CT molecular complexity index is 1260. The molecule has 4 nitrogen and oxygen atoms in total. The number of carbonyl (C=O) groups is 1. The summed E-state index contributed by atoms with van der Waals surface area (Å²) < 4.78 is 32.3. The number of rotatable bonds is 7. The molecular weight excluding hydrogens is 422 g/mol. The molecule has 3 N–H and O–H groups in total. The quantitative estimate of drug-likeness (QED) is 0.374. The molecule has 0 atom stereocenters. The zero-order valence-electron chi connectivity index (χ0n) is 17.7. The van der Waals surface area contributed by atoms with Crippen molar-refractivity contribution in [2.45, 2.75) is 0 Å². The van der Waals surface area contributed by atoms with Crippen LogP contribution in [-0.2, 0) is 0 Å². The first-order chi connectivity index (χ1) is 16.0. The van der Waals surface area contributed by atoms with E-state index >= 15 is 0 Å². The number of anilines is 1. The Kier molecular flexibility index (Phi) is 6.76. The van der Waals surface area contributed by atoms with Gasteiger partial charge in [-0.15, -0.1) is 0 Å². The Labute approximate surface area is 190 Å². The number of nitrogens with one attached hydrogen (secondary N) is 1. The molecule has 4 aromatic rings. The van der Waals surface area contributed by atoms with Gasteiger partial charge in [-0.1, -0.05) is 36.4 Å². The molecule has 0 saturated carbocycles. The Morgan fingerprint density at radius 2 is 1.45 bits per heavy atom. The fraction of sp³-hybridized carbons (Fsp3) is 0.0741. The minimum absolute atomic E-state index is 0.306. The number of carbonyl (C=O) groups excluding carboxylic acids is 1. The summed E-state index contributed by atoms with van der Waals surface area (Å²) in [6.07, 6.45) is 0. The third-order valence-corrected chi connectivity index (χ3v) is 5.07. The average Bonchev–Trinajstić information content (AvgIpc) is 2.84. The lowest BCUT2D eigenvalue weighted by atomic mass is 10.0. The van der Waals surface area contributed by atoms with Gasteiger partial charge in [0.2, 0.25) is 0 Å². The lowest BCUT2D eigenvalue weighted by Crippen LogP contribution is -2.13. The molecule has 33 heavy (non-hydrogen) atoms. The minimum atomic E-state index is -0.349. The second-order valence-corrected chi connectivity index (χ2v) is 7.40. The van der Waals surface area contributed by atoms with Gasteiger partial charge in [0.1, 0.15) is 24.0 Å². The van der Waals surface area contributed by atoms with Gasteiger partial charge in [0.15, 0.2) is 0 Å². The minimum Gasteiger partial charge on any atom is -0.492 e. The van der Waals surface area contributed by atoms with Gasteiger partial charge in [-0.3, -0.25) is 4.79 Å². The van der Waals surface area contributed by atoms with Crippen molar-refractivity contribution in [1.29, 1.82) is 0 Å². The Hall–Kier alpha value is -4.03. The van der Waals surface area contributed by atoms with E-state index in [-0.39, 0.29) is 17.5 Å². The molecule has 4 rings (SSSR count). The largest absolute Gasteiger partial charge is 0.492 e. The maximum Gasteiger partial charge on any atom is 0.255 e. The fourth-order valence-corrected chi connectivity index (χ4v) is 3.44. The van der Waals surface area contributed by atoms with Crippen molar-refractivity contribution >= 4 is 11.6 Å². The van der Waals surface area contributed by atoms with Gasteiger partial charge >= 0.3 is 0 Å². The van der Waals surface area contributed by atoms with Gasteiger partial charge in [0.25, 0.3) is 5.91 Å². The highest BCUT2D eigenvalue weighted by molar-refractivity contribution is 6.05. The summed E-state index contributed by atoms with van der Waals surface area (Å²) in [6.45, 7) is 0.658. The van der Waals surface area contributed by atoms with Crippen molar-refractivity contribution in [2.75, 3.05) is 18.5 Å². The maximum absolute atomic E-state index is 13.4. The van der Waals surface area contributed by atoms with Crippen molar-refractivity contribution in [3.8, 4) is 28.0 Å². The van der Waals surface area contributed by atoms with Gasteiger partial charge in [-0.25, -0.2) is 8.78 Å². The maximum atomic E-state index is 13.4. The van der Waals surface area contributed by atoms with E-state index in [0.717, 1.165) is 16.7 Å². The predicted molar refractivity (Wildman–Crippen MR) is 126 cm³/mol. The van der Waals surface area contributed by atoms with Crippen molar-refractivity contribution in [3.05, 3.63) is 108 Å². The van der Waals surface area contributed by atoms with E-state index in [2.05, 4.69) is 5.32 Å². The van der Waals surface area contributed by atoms with Gasteiger partial charge in [0, 0.05) is 23.4 Å². The van der Waals surface area contributed by atoms with E-state index in [1.54, 1.807) is 48.5 Å². The molecule has 1 amide bonds. The number of amides is 1. The third kappa shape index (κ3) is 5.42. The van der Waals surface area contributed by atoms with Crippen LogP contribution in [0.5, 0.6) is 5.75 Å². The van der Waals surface area contributed by atoms with Crippen LogP contribution in [0.4, 0.5) is 14.5 Å². The summed E-state index contributed by atoms with van der Waals surface area (Å²) in [5, 5.41) is 2.90. The Balaban J connectivity index is 1.60. The summed E-state index contributed by atoms with van der Waals surface area (Å²) in [6, 6.07) is 24.5. The lowest BCUT2D eigenvalue weighted by molar-refractivity contribution is 0.102. The average molecular weight is 444 g/mol. The van der Waals surface area contributed by atoms with Crippen LogP contribution in [0.2, 0.25) is 0 Å².